The third-order valence-corrected chi connectivity index (χ3v) is 3.67. The monoisotopic (exact) mass is 322 g/mol. The molecule has 0 fully saturated rings. The summed E-state index contributed by atoms with van der Waals surface area (Å²) in [5.41, 5.74) is 1.78. The van der Waals surface area contributed by atoms with E-state index in [0.29, 0.717) is 12.1 Å². The van der Waals surface area contributed by atoms with Crippen molar-refractivity contribution in [2.45, 2.75) is 39.7 Å². The van der Waals surface area contributed by atoms with Crippen LogP contribution in [0.2, 0.25) is 0 Å². The fourth-order valence-corrected chi connectivity index (χ4v) is 2.20. The van der Waals surface area contributed by atoms with Gasteiger partial charge in [0.05, 0.1) is 5.41 Å². The van der Waals surface area contributed by atoms with Crippen LogP contribution in [0.1, 0.15) is 50.1 Å². The Labute approximate surface area is 143 Å². The number of aromatic nitrogens is 1. The van der Waals surface area contributed by atoms with Gasteiger partial charge in [0.2, 0.25) is 0 Å². The number of carbonyl (C=O) groups excluding carboxylic acids is 1. The van der Waals surface area contributed by atoms with Crippen LogP contribution < -0.4 is 0 Å². The molecule has 0 saturated heterocycles. The van der Waals surface area contributed by atoms with Crippen molar-refractivity contribution in [3.05, 3.63) is 65.5 Å². The molecule has 2 aromatic rings. The summed E-state index contributed by atoms with van der Waals surface area (Å²) in [6.07, 6.45) is 2.70. The van der Waals surface area contributed by atoms with E-state index in [9.17, 15) is 4.79 Å². The predicted octanol–water partition coefficient (Wildman–Crippen LogP) is 4.22. The minimum Gasteiger partial charge on any atom is -0.457 e. The van der Waals surface area contributed by atoms with Gasteiger partial charge in [0.1, 0.15) is 17.9 Å². The second-order valence-electron chi connectivity index (χ2n) is 6.76. The molecule has 1 aromatic heterocycles. The van der Waals surface area contributed by atoms with Crippen LogP contribution in [0.15, 0.2) is 48.7 Å². The first-order valence-corrected chi connectivity index (χ1v) is 8.01. The van der Waals surface area contributed by atoms with Gasteiger partial charge in [0.15, 0.2) is 0 Å². The molecule has 24 heavy (non-hydrogen) atoms. The highest BCUT2D eigenvalue weighted by molar-refractivity contribution is 5.75. The molecule has 4 nitrogen and oxygen atoms in total. The molecule has 124 valence electrons. The lowest BCUT2D eigenvalue weighted by Gasteiger charge is -2.23. The first kappa shape index (κ1) is 17.7. The maximum atomic E-state index is 12.3. The number of pyridine rings is 1. The molecule has 0 saturated carbocycles. The lowest BCUT2D eigenvalue weighted by atomic mass is 9.96. The number of carbonyl (C=O) groups is 1. The van der Waals surface area contributed by atoms with Crippen LogP contribution in [0.25, 0.3) is 0 Å². The van der Waals surface area contributed by atoms with Crippen LogP contribution in [-0.4, -0.2) is 11.0 Å². The van der Waals surface area contributed by atoms with Gasteiger partial charge in [0, 0.05) is 11.8 Å². The van der Waals surface area contributed by atoms with Gasteiger partial charge in [-0.1, -0.05) is 36.4 Å². The molecule has 0 N–H and O–H groups in total. The number of esters is 1. The summed E-state index contributed by atoms with van der Waals surface area (Å²) in [5.74, 6) is -0.245. The number of benzene rings is 1. The van der Waals surface area contributed by atoms with E-state index in [0.717, 1.165) is 12.0 Å². The summed E-state index contributed by atoms with van der Waals surface area (Å²) in [7, 11) is 0. The van der Waals surface area contributed by atoms with Gasteiger partial charge >= 0.3 is 5.97 Å². The maximum absolute atomic E-state index is 12.3. The minimum absolute atomic E-state index is 0.245. The van der Waals surface area contributed by atoms with E-state index in [4.69, 9.17) is 10.00 Å². The molecule has 2 rings (SSSR count). The molecule has 0 spiro atoms. The third kappa shape index (κ3) is 4.92. The van der Waals surface area contributed by atoms with E-state index in [-0.39, 0.29) is 12.1 Å². The average Bonchev–Trinajstić information content (AvgIpc) is 2.58. The van der Waals surface area contributed by atoms with Crippen molar-refractivity contribution in [3.63, 3.8) is 0 Å². The average molecular weight is 322 g/mol. The smallest absolute Gasteiger partial charge is 0.311 e. The van der Waals surface area contributed by atoms with Crippen molar-refractivity contribution in [2.75, 3.05) is 0 Å². The van der Waals surface area contributed by atoms with E-state index in [1.165, 1.54) is 5.56 Å². The van der Waals surface area contributed by atoms with Crippen molar-refractivity contribution in [3.8, 4) is 6.07 Å². The van der Waals surface area contributed by atoms with E-state index < -0.39 is 5.41 Å². The lowest BCUT2D eigenvalue weighted by molar-refractivity contribution is -0.159. The quantitative estimate of drug-likeness (QED) is 0.773. The molecule has 0 aliphatic carbocycles. The molecule has 0 bridgehead atoms. The second-order valence-corrected chi connectivity index (χ2v) is 6.76. The standard InChI is InChI=1S/C20H22N2O2/c1-20(2,3)19(23)24-18(12-9-15-7-5-4-6-8-15)16-10-11-17(13-21)22-14-16/h4-8,10-11,14,18H,9,12H2,1-3H3. The molecule has 0 radical (unpaired) electrons. The molecule has 1 aromatic carbocycles. The summed E-state index contributed by atoms with van der Waals surface area (Å²) >= 11 is 0. The highest BCUT2D eigenvalue weighted by atomic mass is 16.5. The van der Waals surface area contributed by atoms with Gasteiger partial charge in [-0.25, -0.2) is 4.98 Å². The summed E-state index contributed by atoms with van der Waals surface area (Å²) < 4.78 is 5.73. The first-order valence-electron chi connectivity index (χ1n) is 8.01. The van der Waals surface area contributed by atoms with E-state index >= 15 is 0 Å². The summed E-state index contributed by atoms with van der Waals surface area (Å²) in [5, 5.41) is 8.87. The van der Waals surface area contributed by atoms with Crippen molar-refractivity contribution in [1.82, 2.24) is 4.98 Å². The number of aryl methyl sites for hydroxylation is 1. The Bertz CT molecular complexity index is 710. The number of hydrogen-bond donors (Lipinski definition) is 0. The third-order valence-electron chi connectivity index (χ3n) is 3.67. The summed E-state index contributed by atoms with van der Waals surface area (Å²) in [6.45, 7) is 5.50. The number of hydrogen-bond acceptors (Lipinski definition) is 4. The fourth-order valence-electron chi connectivity index (χ4n) is 2.20. The highest BCUT2D eigenvalue weighted by Gasteiger charge is 2.27. The van der Waals surface area contributed by atoms with Crippen LogP contribution in [-0.2, 0) is 16.0 Å². The topological polar surface area (TPSA) is 63.0 Å². The van der Waals surface area contributed by atoms with Crippen molar-refractivity contribution < 1.29 is 9.53 Å². The molecule has 0 amide bonds. The Kier molecular flexibility index (Phi) is 5.70. The van der Waals surface area contributed by atoms with E-state index in [1.807, 2.05) is 45.0 Å². The maximum Gasteiger partial charge on any atom is 0.311 e. The molecule has 0 aliphatic rings. The molecule has 1 atom stereocenters. The molecule has 4 heteroatoms. The van der Waals surface area contributed by atoms with Gasteiger partial charge < -0.3 is 4.74 Å². The Hall–Kier alpha value is -2.67. The Morgan fingerprint density at radius 1 is 1.21 bits per heavy atom. The summed E-state index contributed by atoms with van der Waals surface area (Å²) in [4.78, 5) is 16.4. The zero-order valence-corrected chi connectivity index (χ0v) is 14.3. The summed E-state index contributed by atoms with van der Waals surface area (Å²) in [6, 6.07) is 15.5. The minimum atomic E-state index is -0.564. The van der Waals surface area contributed by atoms with Gasteiger partial charge in [-0.15, -0.1) is 0 Å². The van der Waals surface area contributed by atoms with Crippen LogP contribution in [0.4, 0.5) is 0 Å². The molecule has 1 unspecified atom stereocenters. The SMILES string of the molecule is CC(C)(C)C(=O)OC(CCc1ccccc1)c1ccc(C#N)nc1. The number of ether oxygens (including phenoxy) is 1. The largest absolute Gasteiger partial charge is 0.457 e. The van der Waals surface area contributed by atoms with Gasteiger partial charge in [0.25, 0.3) is 0 Å². The van der Waals surface area contributed by atoms with Crippen LogP contribution in [0, 0.1) is 16.7 Å². The highest BCUT2D eigenvalue weighted by Crippen LogP contribution is 2.27. The molecular formula is C20H22N2O2. The van der Waals surface area contributed by atoms with E-state index in [1.54, 1.807) is 18.3 Å². The second kappa shape index (κ2) is 7.74. The number of rotatable bonds is 5. The zero-order chi connectivity index (χ0) is 17.6. The van der Waals surface area contributed by atoms with Crippen LogP contribution in [0.5, 0.6) is 0 Å². The van der Waals surface area contributed by atoms with Gasteiger partial charge in [-0.05, 0) is 45.2 Å². The van der Waals surface area contributed by atoms with Crippen LogP contribution >= 0.6 is 0 Å². The van der Waals surface area contributed by atoms with Gasteiger partial charge in [-0.3, -0.25) is 4.79 Å². The molecule has 1 heterocycles. The Morgan fingerprint density at radius 2 is 1.92 bits per heavy atom. The number of nitriles is 1. The molecular weight excluding hydrogens is 300 g/mol. The normalized spacial score (nSPS) is 12.2. The van der Waals surface area contributed by atoms with Crippen molar-refractivity contribution in [1.29, 1.82) is 5.26 Å². The predicted molar refractivity (Wildman–Crippen MR) is 92.0 cm³/mol. The lowest BCUT2D eigenvalue weighted by Crippen LogP contribution is -2.25. The Morgan fingerprint density at radius 3 is 2.46 bits per heavy atom. The molecule has 0 aliphatic heterocycles. The van der Waals surface area contributed by atoms with Crippen LogP contribution in [0.3, 0.4) is 0 Å². The number of nitrogens with zero attached hydrogens (tertiary/aromatic N) is 2. The fraction of sp³-hybridized carbons (Fsp3) is 0.350. The first-order chi connectivity index (χ1) is 11.4. The Balaban J connectivity index is 2.16. The van der Waals surface area contributed by atoms with Crippen molar-refractivity contribution in [2.24, 2.45) is 5.41 Å². The van der Waals surface area contributed by atoms with E-state index in [2.05, 4.69) is 17.1 Å². The van der Waals surface area contributed by atoms with Gasteiger partial charge in [-0.2, -0.15) is 5.26 Å². The zero-order valence-electron chi connectivity index (χ0n) is 14.3. The van der Waals surface area contributed by atoms with Crippen molar-refractivity contribution >= 4 is 5.97 Å².